The van der Waals surface area contributed by atoms with Crippen LogP contribution in [-0.4, -0.2) is 20.4 Å². The van der Waals surface area contributed by atoms with E-state index < -0.39 is 5.91 Å². The molecule has 7 heteroatoms. The van der Waals surface area contributed by atoms with Crippen LogP contribution in [0, 0.1) is 0 Å². The number of halogens is 2. The standard InChI is InChI=1S/C14H10Cl2N4O/c1-20-9-5-6-18-12(13(17)21)11(9)19-14(20)10-7(15)3-2-4-8(10)16/h2-6H,1H3,(H2,17,21). The normalized spacial score (nSPS) is 11.0. The molecule has 0 saturated carbocycles. The lowest BCUT2D eigenvalue weighted by atomic mass is 10.2. The summed E-state index contributed by atoms with van der Waals surface area (Å²) in [6, 6.07) is 6.97. The van der Waals surface area contributed by atoms with Crippen LogP contribution >= 0.6 is 23.2 Å². The molecule has 0 saturated heterocycles. The highest BCUT2D eigenvalue weighted by Crippen LogP contribution is 2.35. The van der Waals surface area contributed by atoms with Crippen molar-refractivity contribution < 1.29 is 4.79 Å². The Morgan fingerprint density at radius 2 is 1.90 bits per heavy atom. The molecule has 0 aliphatic rings. The molecule has 3 aromatic rings. The van der Waals surface area contributed by atoms with E-state index in [0.717, 1.165) is 5.52 Å². The summed E-state index contributed by atoms with van der Waals surface area (Å²) in [6.45, 7) is 0. The molecule has 0 radical (unpaired) electrons. The Morgan fingerprint density at radius 3 is 2.52 bits per heavy atom. The first kappa shape index (κ1) is 13.9. The lowest BCUT2D eigenvalue weighted by Crippen LogP contribution is -2.13. The highest BCUT2D eigenvalue weighted by atomic mass is 35.5. The summed E-state index contributed by atoms with van der Waals surface area (Å²) in [5.41, 5.74) is 7.22. The van der Waals surface area contributed by atoms with Crippen LogP contribution in [0.2, 0.25) is 10.0 Å². The van der Waals surface area contributed by atoms with Crippen molar-refractivity contribution in [1.82, 2.24) is 14.5 Å². The average molecular weight is 321 g/mol. The largest absolute Gasteiger partial charge is 0.364 e. The molecule has 0 aliphatic heterocycles. The van der Waals surface area contributed by atoms with Crippen molar-refractivity contribution in [2.45, 2.75) is 0 Å². The molecule has 1 aromatic carbocycles. The van der Waals surface area contributed by atoms with Gasteiger partial charge in [-0.05, 0) is 18.2 Å². The summed E-state index contributed by atoms with van der Waals surface area (Å²) in [5, 5.41) is 0.962. The van der Waals surface area contributed by atoms with Gasteiger partial charge in [0.05, 0.1) is 21.1 Å². The average Bonchev–Trinajstić information content (AvgIpc) is 2.76. The molecule has 0 aliphatic carbocycles. The van der Waals surface area contributed by atoms with Crippen LogP contribution in [0.3, 0.4) is 0 Å². The van der Waals surface area contributed by atoms with E-state index in [1.807, 2.05) is 7.05 Å². The van der Waals surface area contributed by atoms with Crippen molar-refractivity contribution >= 4 is 40.1 Å². The van der Waals surface area contributed by atoms with Gasteiger partial charge in [-0.2, -0.15) is 0 Å². The van der Waals surface area contributed by atoms with Crippen molar-refractivity contribution in [2.24, 2.45) is 12.8 Å². The van der Waals surface area contributed by atoms with E-state index in [-0.39, 0.29) is 5.69 Å². The predicted molar refractivity (Wildman–Crippen MR) is 82.5 cm³/mol. The Balaban J connectivity index is 2.38. The van der Waals surface area contributed by atoms with Gasteiger partial charge in [0.1, 0.15) is 11.3 Å². The minimum Gasteiger partial charge on any atom is -0.364 e. The number of pyridine rings is 1. The van der Waals surface area contributed by atoms with E-state index in [9.17, 15) is 4.79 Å². The monoisotopic (exact) mass is 320 g/mol. The number of benzene rings is 1. The molecule has 21 heavy (non-hydrogen) atoms. The second kappa shape index (κ2) is 5.02. The molecule has 0 atom stereocenters. The number of carbonyl (C=O) groups is 1. The maximum Gasteiger partial charge on any atom is 0.269 e. The summed E-state index contributed by atoms with van der Waals surface area (Å²) in [6.07, 6.45) is 1.52. The van der Waals surface area contributed by atoms with Gasteiger partial charge in [-0.3, -0.25) is 4.79 Å². The molecule has 2 N–H and O–H groups in total. The number of aromatic nitrogens is 3. The highest BCUT2D eigenvalue weighted by molar-refractivity contribution is 6.39. The fourth-order valence-electron chi connectivity index (χ4n) is 2.24. The highest BCUT2D eigenvalue weighted by Gasteiger charge is 2.19. The van der Waals surface area contributed by atoms with Crippen LogP contribution in [0.4, 0.5) is 0 Å². The van der Waals surface area contributed by atoms with Gasteiger partial charge in [-0.15, -0.1) is 0 Å². The SMILES string of the molecule is Cn1c(-c2c(Cl)cccc2Cl)nc2c(C(N)=O)nccc21. The number of amides is 1. The number of nitrogens with two attached hydrogens (primary N) is 1. The fourth-order valence-corrected chi connectivity index (χ4v) is 2.80. The van der Waals surface area contributed by atoms with Crippen molar-refractivity contribution in [3.63, 3.8) is 0 Å². The molecule has 5 nitrogen and oxygen atoms in total. The molecule has 0 bridgehead atoms. The third kappa shape index (κ3) is 2.14. The Kier molecular flexibility index (Phi) is 3.31. The Labute approximate surface area is 130 Å². The van der Waals surface area contributed by atoms with Gasteiger partial charge in [0.25, 0.3) is 5.91 Å². The first-order valence-electron chi connectivity index (χ1n) is 6.06. The van der Waals surface area contributed by atoms with E-state index in [1.165, 1.54) is 6.20 Å². The molecular formula is C14H10Cl2N4O. The smallest absolute Gasteiger partial charge is 0.269 e. The van der Waals surface area contributed by atoms with Crippen LogP contribution in [0.1, 0.15) is 10.5 Å². The van der Waals surface area contributed by atoms with Gasteiger partial charge in [0.15, 0.2) is 5.69 Å². The summed E-state index contributed by atoms with van der Waals surface area (Å²) in [4.78, 5) is 19.9. The Bertz CT molecular complexity index is 853. The summed E-state index contributed by atoms with van der Waals surface area (Å²) < 4.78 is 1.80. The zero-order valence-corrected chi connectivity index (χ0v) is 12.5. The first-order chi connectivity index (χ1) is 10.0. The van der Waals surface area contributed by atoms with Gasteiger partial charge in [0.2, 0.25) is 0 Å². The molecule has 0 spiro atoms. The second-order valence-corrected chi connectivity index (χ2v) is 5.30. The van der Waals surface area contributed by atoms with Gasteiger partial charge < -0.3 is 10.3 Å². The van der Waals surface area contributed by atoms with Crippen molar-refractivity contribution in [1.29, 1.82) is 0 Å². The molecule has 3 rings (SSSR count). The van der Waals surface area contributed by atoms with Gasteiger partial charge in [0, 0.05) is 13.2 Å². The lowest BCUT2D eigenvalue weighted by molar-refractivity contribution is 0.0997. The number of carbonyl (C=O) groups excluding carboxylic acids is 1. The van der Waals surface area contributed by atoms with Crippen LogP contribution < -0.4 is 5.73 Å². The topological polar surface area (TPSA) is 73.8 Å². The molecule has 106 valence electrons. The number of fused-ring (bicyclic) bond motifs is 1. The number of primary amides is 1. The summed E-state index contributed by atoms with van der Waals surface area (Å²) in [5.74, 6) is -0.0772. The van der Waals surface area contributed by atoms with E-state index in [1.54, 1.807) is 28.8 Å². The van der Waals surface area contributed by atoms with Crippen molar-refractivity contribution in [2.75, 3.05) is 0 Å². The third-order valence-electron chi connectivity index (χ3n) is 3.22. The van der Waals surface area contributed by atoms with Gasteiger partial charge >= 0.3 is 0 Å². The third-order valence-corrected chi connectivity index (χ3v) is 3.85. The summed E-state index contributed by atoms with van der Waals surface area (Å²) in [7, 11) is 1.81. The molecule has 2 aromatic heterocycles. The fraction of sp³-hybridized carbons (Fsp3) is 0.0714. The van der Waals surface area contributed by atoms with Crippen LogP contribution in [0.15, 0.2) is 30.5 Å². The number of hydrogen-bond donors (Lipinski definition) is 1. The number of aryl methyl sites for hydroxylation is 1. The minimum absolute atomic E-state index is 0.123. The second-order valence-electron chi connectivity index (χ2n) is 4.48. The van der Waals surface area contributed by atoms with Gasteiger partial charge in [-0.25, -0.2) is 9.97 Å². The van der Waals surface area contributed by atoms with Crippen LogP contribution in [0.25, 0.3) is 22.4 Å². The molecular weight excluding hydrogens is 311 g/mol. The maximum absolute atomic E-state index is 11.5. The van der Waals surface area contributed by atoms with Crippen LogP contribution in [0.5, 0.6) is 0 Å². The van der Waals surface area contributed by atoms with Gasteiger partial charge in [-0.1, -0.05) is 29.3 Å². The zero-order valence-electron chi connectivity index (χ0n) is 11.0. The number of nitrogens with zero attached hydrogens (tertiary/aromatic N) is 3. The Hall–Kier alpha value is -2.11. The number of imidazole rings is 1. The number of rotatable bonds is 2. The molecule has 2 heterocycles. The van der Waals surface area contributed by atoms with Crippen molar-refractivity contribution in [3.05, 3.63) is 46.2 Å². The Morgan fingerprint density at radius 1 is 1.24 bits per heavy atom. The zero-order chi connectivity index (χ0) is 15.1. The lowest BCUT2D eigenvalue weighted by Gasteiger charge is -2.06. The first-order valence-corrected chi connectivity index (χ1v) is 6.82. The van der Waals surface area contributed by atoms with E-state index >= 15 is 0 Å². The maximum atomic E-state index is 11.5. The minimum atomic E-state index is -0.629. The van der Waals surface area contributed by atoms with E-state index in [2.05, 4.69) is 9.97 Å². The molecule has 0 unspecified atom stereocenters. The quantitative estimate of drug-likeness (QED) is 0.788. The summed E-state index contributed by atoms with van der Waals surface area (Å²) >= 11 is 12.4. The van der Waals surface area contributed by atoms with E-state index in [0.29, 0.717) is 26.9 Å². The van der Waals surface area contributed by atoms with Crippen LogP contribution in [-0.2, 0) is 7.05 Å². The molecule has 0 fully saturated rings. The van der Waals surface area contributed by atoms with Crippen molar-refractivity contribution in [3.8, 4) is 11.4 Å². The number of hydrogen-bond acceptors (Lipinski definition) is 3. The van der Waals surface area contributed by atoms with E-state index in [4.69, 9.17) is 28.9 Å². The predicted octanol–water partition coefficient (Wildman–Crippen LogP) is 3.04. The molecule has 1 amide bonds.